The average Bonchev–Trinajstić information content (AvgIpc) is 2.75. The molecule has 0 saturated carbocycles. The molecule has 0 amide bonds. The molecule has 5 N–H and O–H groups in total. The number of hydrogen-bond acceptors (Lipinski definition) is 7. The number of nitrogens with zero attached hydrogens (tertiary/aromatic N) is 2. The number of aryl methyl sites for hydroxylation is 1. The van der Waals surface area contributed by atoms with Crippen molar-refractivity contribution < 1.29 is 0 Å². The molecule has 0 saturated heterocycles. The molecular weight excluding hydrogens is 252 g/mol. The highest BCUT2D eigenvalue weighted by molar-refractivity contribution is 7.07. The van der Waals surface area contributed by atoms with Gasteiger partial charge in [-0.25, -0.2) is 15.8 Å². The third-order valence-corrected chi connectivity index (χ3v) is 3.13. The van der Waals surface area contributed by atoms with Gasteiger partial charge in [-0.15, -0.1) is 0 Å². The maximum atomic E-state index is 11.0. The molecule has 0 aliphatic rings. The molecule has 0 aromatic carbocycles. The number of hydrogen-bond donors (Lipinski definition) is 4. The fraction of sp³-hybridized carbons (Fsp3) is 0.300. The van der Waals surface area contributed by atoms with Gasteiger partial charge in [0, 0.05) is 16.6 Å². The van der Waals surface area contributed by atoms with Gasteiger partial charge in [0.2, 0.25) is 0 Å². The highest BCUT2D eigenvalue weighted by Gasteiger charge is 2.08. The van der Waals surface area contributed by atoms with Crippen LogP contribution in [0.1, 0.15) is 17.1 Å². The van der Waals surface area contributed by atoms with Crippen LogP contribution in [0.4, 0.5) is 11.6 Å². The minimum atomic E-state index is -0.0632. The highest BCUT2D eigenvalue weighted by Crippen LogP contribution is 2.19. The molecule has 0 spiro atoms. The van der Waals surface area contributed by atoms with Gasteiger partial charge in [0.05, 0.1) is 6.54 Å². The second-order valence-electron chi connectivity index (χ2n) is 3.76. The van der Waals surface area contributed by atoms with Crippen LogP contribution in [0.3, 0.4) is 0 Å². The van der Waals surface area contributed by atoms with Gasteiger partial charge in [-0.05, 0) is 13.8 Å². The van der Waals surface area contributed by atoms with E-state index in [9.17, 15) is 4.79 Å². The van der Waals surface area contributed by atoms with Crippen molar-refractivity contribution in [2.24, 2.45) is 5.84 Å². The van der Waals surface area contributed by atoms with Crippen LogP contribution in [0, 0.1) is 13.8 Å². The summed E-state index contributed by atoms with van der Waals surface area (Å²) < 4.78 is 0. The molecule has 8 heteroatoms. The summed E-state index contributed by atoms with van der Waals surface area (Å²) in [6.07, 6.45) is 0. The maximum Gasteiger partial charge on any atom is 0.304 e. The Balaban J connectivity index is 2.18. The molecule has 0 unspecified atom stereocenters. The van der Waals surface area contributed by atoms with Gasteiger partial charge in [-0.3, -0.25) is 4.79 Å². The zero-order chi connectivity index (χ0) is 13.1. The lowest BCUT2D eigenvalue weighted by Gasteiger charge is -2.11. The molecule has 7 nitrogen and oxygen atoms in total. The monoisotopic (exact) mass is 266 g/mol. The summed E-state index contributed by atoms with van der Waals surface area (Å²) in [6, 6.07) is 0. The summed E-state index contributed by atoms with van der Waals surface area (Å²) in [5.41, 5.74) is 4.19. The van der Waals surface area contributed by atoms with Crippen molar-refractivity contribution in [1.82, 2.24) is 15.0 Å². The molecule has 0 aliphatic carbocycles. The zero-order valence-corrected chi connectivity index (χ0v) is 10.9. The van der Waals surface area contributed by atoms with Gasteiger partial charge >= 0.3 is 4.87 Å². The van der Waals surface area contributed by atoms with E-state index in [-0.39, 0.29) is 4.87 Å². The second kappa shape index (κ2) is 5.15. The molecule has 0 aliphatic heterocycles. The quantitative estimate of drug-likeness (QED) is 0.480. The zero-order valence-electron chi connectivity index (χ0n) is 10.1. The third kappa shape index (κ3) is 2.66. The van der Waals surface area contributed by atoms with E-state index in [0.29, 0.717) is 24.0 Å². The van der Waals surface area contributed by atoms with Crippen LogP contribution in [0.15, 0.2) is 10.2 Å². The van der Waals surface area contributed by atoms with Crippen molar-refractivity contribution in [3.05, 3.63) is 32.1 Å². The molecule has 2 rings (SSSR count). The Morgan fingerprint density at radius 3 is 2.72 bits per heavy atom. The molecule has 2 heterocycles. The summed E-state index contributed by atoms with van der Waals surface area (Å²) in [4.78, 5) is 22.1. The Morgan fingerprint density at radius 1 is 1.39 bits per heavy atom. The average molecular weight is 266 g/mol. The van der Waals surface area contributed by atoms with Crippen molar-refractivity contribution in [2.45, 2.75) is 20.4 Å². The van der Waals surface area contributed by atoms with E-state index in [2.05, 4.69) is 25.7 Å². The number of H-pyrrole nitrogens is 1. The van der Waals surface area contributed by atoms with E-state index >= 15 is 0 Å². The van der Waals surface area contributed by atoms with E-state index in [4.69, 9.17) is 5.84 Å². The predicted octanol–water partition coefficient (Wildman–Crippen LogP) is 0.741. The first kappa shape index (κ1) is 12.5. The summed E-state index contributed by atoms with van der Waals surface area (Å²) in [7, 11) is 0. The molecule has 0 bridgehead atoms. The van der Waals surface area contributed by atoms with E-state index in [0.717, 1.165) is 22.6 Å². The Morgan fingerprint density at radius 2 is 2.11 bits per heavy atom. The van der Waals surface area contributed by atoms with Gasteiger partial charge in [-0.1, -0.05) is 11.3 Å². The lowest BCUT2D eigenvalue weighted by Crippen LogP contribution is -2.14. The molecule has 0 radical (unpaired) electrons. The van der Waals surface area contributed by atoms with Gasteiger partial charge in [0.15, 0.2) is 0 Å². The van der Waals surface area contributed by atoms with E-state index in [1.54, 1.807) is 12.3 Å². The van der Waals surface area contributed by atoms with Crippen LogP contribution in [-0.4, -0.2) is 15.0 Å². The number of anilines is 2. The van der Waals surface area contributed by atoms with Crippen molar-refractivity contribution in [2.75, 3.05) is 10.7 Å². The number of nitrogen functional groups attached to an aromatic ring is 1. The highest BCUT2D eigenvalue weighted by atomic mass is 32.1. The molecule has 2 aromatic heterocycles. The maximum absolute atomic E-state index is 11.0. The first-order valence-electron chi connectivity index (χ1n) is 5.32. The van der Waals surface area contributed by atoms with Crippen LogP contribution < -0.4 is 21.5 Å². The Kier molecular flexibility index (Phi) is 3.58. The minimum Gasteiger partial charge on any atom is -0.364 e. The predicted molar refractivity (Wildman–Crippen MR) is 71.6 cm³/mol. The van der Waals surface area contributed by atoms with Crippen LogP contribution in [-0.2, 0) is 6.54 Å². The van der Waals surface area contributed by atoms with Crippen molar-refractivity contribution >= 4 is 23.0 Å². The van der Waals surface area contributed by atoms with Gasteiger partial charge < -0.3 is 15.7 Å². The van der Waals surface area contributed by atoms with E-state index in [1.807, 2.05) is 6.92 Å². The fourth-order valence-electron chi connectivity index (χ4n) is 1.52. The summed E-state index contributed by atoms with van der Waals surface area (Å²) in [5.74, 6) is 7.29. The molecule has 0 fully saturated rings. The number of aromatic nitrogens is 3. The summed E-state index contributed by atoms with van der Waals surface area (Å²) >= 11 is 1.14. The fourth-order valence-corrected chi connectivity index (χ4v) is 2.10. The molecule has 18 heavy (non-hydrogen) atoms. The first-order chi connectivity index (χ1) is 8.60. The van der Waals surface area contributed by atoms with Crippen molar-refractivity contribution in [3.8, 4) is 0 Å². The Labute approximate surface area is 107 Å². The van der Waals surface area contributed by atoms with Crippen LogP contribution in [0.2, 0.25) is 0 Å². The van der Waals surface area contributed by atoms with Crippen LogP contribution in [0.25, 0.3) is 0 Å². The number of rotatable bonds is 4. The summed E-state index contributed by atoms with van der Waals surface area (Å²) in [5, 5.41) is 4.93. The van der Waals surface area contributed by atoms with Crippen molar-refractivity contribution in [3.63, 3.8) is 0 Å². The number of nitrogens with one attached hydrogen (secondary N) is 3. The SMILES string of the molecule is Cc1nc(NN)c(C)c(NCc2csc(=O)[nH]2)n1. The normalized spacial score (nSPS) is 10.4. The van der Waals surface area contributed by atoms with Crippen LogP contribution >= 0.6 is 11.3 Å². The van der Waals surface area contributed by atoms with E-state index in [1.165, 1.54) is 0 Å². The third-order valence-electron chi connectivity index (χ3n) is 2.41. The first-order valence-corrected chi connectivity index (χ1v) is 6.20. The molecule has 0 atom stereocenters. The largest absolute Gasteiger partial charge is 0.364 e. The number of nitrogens with two attached hydrogens (primary N) is 1. The minimum absolute atomic E-state index is 0.0632. The van der Waals surface area contributed by atoms with Gasteiger partial charge in [0.1, 0.15) is 17.5 Å². The number of hydrazine groups is 1. The lowest BCUT2D eigenvalue weighted by molar-refractivity contribution is 0.982. The number of aromatic amines is 1. The lowest BCUT2D eigenvalue weighted by atomic mass is 10.3. The van der Waals surface area contributed by atoms with Gasteiger partial charge in [-0.2, -0.15) is 0 Å². The Bertz CT molecular complexity index is 605. The van der Waals surface area contributed by atoms with E-state index < -0.39 is 0 Å². The van der Waals surface area contributed by atoms with Crippen LogP contribution in [0.5, 0.6) is 0 Å². The Hall–Kier alpha value is -1.93. The molecular formula is C10H14N6OS. The van der Waals surface area contributed by atoms with Crippen molar-refractivity contribution in [1.29, 1.82) is 0 Å². The second-order valence-corrected chi connectivity index (χ2v) is 4.61. The molecule has 96 valence electrons. The topological polar surface area (TPSA) is 109 Å². The van der Waals surface area contributed by atoms with Gasteiger partial charge in [0.25, 0.3) is 0 Å². The number of thiazole rings is 1. The molecule has 2 aromatic rings. The standard InChI is InChI=1S/C10H14N6OS/c1-5-8(13-6(2)14-9(5)16-11)12-3-7-4-18-10(17)15-7/h4H,3,11H2,1-2H3,(H,15,17)(H2,12,13,14,16). The smallest absolute Gasteiger partial charge is 0.304 e. The summed E-state index contributed by atoms with van der Waals surface area (Å²) in [6.45, 7) is 4.16.